The molecule has 10 heteroatoms. The van der Waals surface area contributed by atoms with Crippen LogP contribution in [0.15, 0.2) is 30.5 Å². The van der Waals surface area contributed by atoms with E-state index in [0.717, 1.165) is 16.3 Å². The Morgan fingerprint density at radius 2 is 1.93 bits per heavy atom. The summed E-state index contributed by atoms with van der Waals surface area (Å²) in [6.07, 6.45) is -2.48. The number of amides is 1. The monoisotopic (exact) mass is 431 g/mol. The lowest BCUT2D eigenvalue weighted by Gasteiger charge is -2.36. The number of methoxy groups -OCH3 is 1. The number of benzene rings is 1. The molecule has 0 bridgehead atoms. The molecular weight excluding hydrogens is 411 g/mol. The lowest BCUT2D eigenvalue weighted by molar-refractivity contribution is -0.250. The Bertz CT molecular complexity index is 890. The number of hydrogen-bond acceptors (Lipinski definition) is 4. The minimum absolute atomic E-state index is 0.00161. The Morgan fingerprint density at radius 1 is 1.28 bits per heavy atom. The van der Waals surface area contributed by atoms with Crippen LogP contribution in [0.5, 0.6) is 5.75 Å². The van der Waals surface area contributed by atoms with Crippen molar-refractivity contribution in [2.45, 2.75) is 37.5 Å². The molecule has 0 aliphatic carbocycles. The summed E-state index contributed by atoms with van der Waals surface area (Å²) in [4.78, 5) is 13.2. The van der Waals surface area contributed by atoms with E-state index in [0.29, 0.717) is 30.5 Å². The topological polar surface area (TPSA) is 67.6 Å². The molecule has 1 atom stereocenters. The van der Waals surface area contributed by atoms with Crippen molar-refractivity contribution < 1.29 is 27.8 Å². The highest BCUT2D eigenvalue weighted by Crippen LogP contribution is 2.35. The number of ether oxygens (including phenoxy) is 1. The van der Waals surface area contributed by atoms with Crippen LogP contribution in [-0.2, 0) is 4.79 Å². The van der Waals surface area contributed by atoms with Crippen molar-refractivity contribution in [3.63, 3.8) is 0 Å². The number of aliphatic hydroxyl groups is 1. The molecule has 2 aromatic rings. The van der Waals surface area contributed by atoms with Gasteiger partial charge in [0.15, 0.2) is 0 Å². The Hall–Kier alpha value is -2.26. The van der Waals surface area contributed by atoms with Gasteiger partial charge < -0.3 is 14.7 Å². The lowest BCUT2D eigenvalue weighted by atomic mass is 9.92. The fraction of sp³-hybridized carbons (Fsp3) is 0.474. The maximum atomic E-state index is 12.9. The lowest BCUT2D eigenvalue weighted by Crippen LogP contribution is -2.57. The van der Waals surface area contributed by atoms with Crippen LogP contribution in [0.2, 0.25) is 5.02 Å². The number of carbonyl (C=O) groups excluding carboxylic acids is 1. The fourth-order valence-corrected chi connectivity index (χ4v) is 3.68. The number of carbonyl (C=O) groups is 1. The third-order valence-corrected chi connectivity index (χ3v) is 5.52. The molecule has 1 amide bonds. The zero-order valence-corrected chi connectivity index (χ0v) is 16.7. The first-order valence-electron chi connectivity index (χ1n) is 9.02. The highest BCUT2D eigenvalue weighted by molar-refractivity contribution is 6.32. The fourth-order valence-electron chi connectivity index (χ4n) is 3.43. The van der Waals surface area contributed by atoms with E-state index < -0.39 is 17.7 Å². The van der Waals surface area contributed by atoms with Crippen molar-refractivity contribution in [3.05, 3.63) is 41.2 Å². The average molecular weight is 432 g/mol. The van der Waals surface area contributed by atoms with Gasteiger partial charge in [-0.05, 0) is 44.0 Å². The van der Waals surface area contributed by atoms with Crippen molar-refractivity contribution >= 4 is 17.5 Å². The van der Waals surface area contributed by atoms with Gasteiger partial charge in [-0.25, -0.2) is 4.68 Å². The van der Waals surface area contributed by atoms with E-state index in [1.54, 1.807) is 29.1 Å². The molecule has 29 heavy (non-hydrogen) atoms. The number of hydrogen-bond donors (Lipinski definition) is 1. The van der Waals surface area contributed by atoms with Crippen LogP contribution in [0, 0.1) is 0 Å². The van der Waals surface area contributed by atoms with Gasteiger partial charge in [0, 0.05) is 30.9 Å². The van der Waals surface area contributed by atoms with Crippen LogP contribution >= 0.6 is 11.6 Å². The van der Waals surface area contributed by atoms with E-state index in [4.69, 9.17) is 16.3 Å². The maximum Gasteiger partial charge on any atom is 0.426 e. The maximum absolute atomic E-state index is 12.9. The van der Waals surface area contributed by atoms with E-state index in [-0.39, 0.29) is 19.0 Å². The standard InChI is InChI=1S/C19H21ClF3N3O3/c1-18(28,19(21,22)23)17(27)25-9-6-12(7-10-25)15-5-8-24-26(15)13-3-4-16(29-2)14(20)11-13/h3-5,8,11-12,28H,6-7,9-10H2,1-2H3/t18-/m1/s1. The van der Waals surface area contributed by atoms with E-state index in [1.165, 1.54) is 7.11 Å². The van der Waals surface area contributed by atoms with Gasteiger partial charge in [0.25, 0.3) is 5.91 Å². The summed E-state index contributed by atoms with van der Waals surface area (Å²) in [5, 5.41) is 14.4. The third kappa shape index (κ3) is 4.06. The summed E-state index contributed by atoms with van der Waals surface area (Å²) in [6.45, 7) is 0.721. The molecule has 0 spiro atoms. The Kier molecular flexibility index (Phi) is 5.82. The van der Waals surface area contributed by atoms with Crippen LogP contribution in [-0.4, -0.2) is 57.7 Å². The summed E-state index contributed by atoms with van der Waals surface area (Å²) in [7, 11) is 1.52. The first-order valence-corrected chi connectivity index (χ1v) is 9.40. The summed E-state index contributed by atoms with van der Waals surface area (Å²) >= 11 is 6.19. The van der Waals surface area contributed by atoms with Crippen molar-refractivity contribution in [2.24, 2.45) is 0 Å². The van der Waals surface area contributed by atoms with Gasteiger partial charge in [0.1, 0.15) is 5.75 Å². The first-order chi connectivity index (χ1) is 13.6. The van der Waals surface area contributed by atoms with Gasteiger partial charge in [-0.3, -0.25) is 4.79 Å². The van der Waals surface area contributed by atoms with Crippen molar-refractivity contribution in [1.29, 1.82) is 0 Å². The molecule has 0 saturated carbocycles. The molecular formula is C19H21ClF3N3O3. The van der Waals surface area contributed by atoms with Crippen LogP contribution in [0.25, 0.3) is 5.69 Å². The SMILES string of the molecule is COc1ccc(-n2nccc2C2CCN(C(=O)[C@@](C)(O)C(F)(F)F)CC2)cc1Cl. The number of rotatable bonds is 4. The zero-order chi connectivity index (χ0) is 21.4. The summed E-state index contributed by atoms with van der Waals surface area (Å²) in [6, 6.07) is 7.09. The molecule has 1 aliphatic heterocycles. The summed E-state index contributed by atoms with van der Waals surface area (Å²) < 4.78 is 45.7. The molecule has 1 aromatic carbocycles. The average Bonchev–Trinajstić information content (AvgIpc) is 3.16. The molecule has 1 N–H and O–H groups in total. The van der Waals surface area contributed by atoms with Crippen molar-refractivity contribution in [1.82, 2.24) is 14.7 Å². The quantitative estimate of drug-likeness (QED) is 0.804. The molecule has 6 nitrogen and oxygen atoms in total. The molecule has 1 fully saturated rings. The number of aromatic nitrogens is 2. The highest BCUT2D eigenvalue weighted by atomic mass is 35.5. The minimum Gasteiger partial charge on any atom is -0.495 e. The molecule has 2 heterocycles. The van der Waals surface area contributed by atoms with Crippen molar-refractivity contribution in [3.8, 4) is 11.4 Å². The number of alkyl halides is 3. The molecule has 158 valence electrons. The molecule has 1 aliphatic rings. The van der Waals surface area contributed by atoms with Crippen LogP contribution in [0.1, 0.15) is 31.4 Å². The van der Waals surface area contributed by atoms with Gasteiger partial charge in [-0.2, -0.15) is 18.3 Å². The van der Waals surface area contributed by atoms with E-state index in [1.807, 2.05) is 6.07 Å². The third-order valence-electron chi connectivity index (χ3n) is 5.22. The zero-order valence-electron chi connectivity index (χ0n) is 15.9. The second kappa shape index (κ2) is 7.87. The van der Waals surface area contributed by atoms with Gasteiger partial charge in [-0.1, -0.05) is 11.6 Å². The van der Waals surface area contributed by atoms with E-state index in [9.17, 15) is 23.1 Å². The van der Waals surface area contributed by atoms with Crippen LogP contribution in [0.4, 0.5) is 13.2 Å². The van der Waals surface area contributed by atoms with Gasteiger partial charge in [0.05, 0.1) is 17.8 Å². The number of nitrogens with zero attached hydrogens (tertiary/aromatic N) is 3. The Labute approximate surface area is 170 Å². The second-order valence-electron chi connectivity index (χ2n) is 7.12. The smallest absolute Gasteiger partial charge is 0.426 e. The van der Waals surface area contributed by atoms with Gasteiger partial charge in [-0.15, -0.1) is 0 Å². The van der Waals surface area contributed by atoms with Gasteiger partial charge >= 0.3 is 6.18 Å². The number of piperidine rings is 1. The predicted octanol–water partition coefficient (Wildman–Crippen LogP) is 3.55. The largest absolute Gasteiger partial charge is 0.495 e. The molecule has 0 radical (unpaired) electrons. The number of likely N-dealkylation sites (tertiary alicyclic amines) is 1. The van der Waals surface area contributed by atoms with Crippen molar-refractivity contribution in [2.75, 3.05) is 20.2 Å². The number of halogens is 4. The van der Waals surface area contributed by atoms with Crippen LogP contribution < -0.4 is 4.74 Å². The molecule has 1 aromatic heterocycles. The molecule has 1 saturated heterocycles. The Balaban J connectivity index is 1.74. The summed E-state index contributed by atoms with van der Waals surface area (Å²) in [5.41, 5.74) is -1.78. The van der Waals surface area contributed by atoms with Crippen LogP contribution in [0.3, 0.4) is 0 Å². The van der Waals surface area contributed by atoms with E-state index in [2.05, 4.69) is 5.10 Å². The van der Waals surface area contributed by atoms with E-state index >= 15 is 0 Å². The second-order valence-corrected chi connectivity index (χ2v) is 7.53. The normalized spacial score (nSPS) is 17.8. The van der Waals surface area contributed by atoms with Gasteiger partial charge in [0.2, 0.25) is 5.60 Å². The Morgan fingerprint density at radius 3 is 2.48 bits per heavy atom. The molecule has 0 unspecified atom stereocenters. The first kappa shape index (κ1) is 21.4. The minimum atomic E-state index is -5.02. The molecule has 3 rings (SSSR count). The highest BCUT2D eigenvalue weighted by Gasteiger charge is 2.57. The predicted molar refractivity (Wildman–Crippen MR) is 100 cm³/mol. The summed E-state index contributed by atoms with van der Waals surface area (Å²) in [5.74, 6) is -0.787.